The first kappa shape index (κ1) is 26.4. The molecule has 1 rings (SSSR count). The largest absolute Gasteiger partial charge is 0.409 e. The molecule has 0 aromatic heterocycles. The normalized spacial score (nSPS) is 28.4. The van der Waals surface area contributed by atoms with Gasteiger partial charge in [-0.1, -0.05) is 0 Å². The van der Waals surface area contributed by atoms with Gasteiger partial charge in [0.25, 0.3) is 0 Å². The monoisotopic (exact) mass is 466 g/mol. The molecule has 6 nitrogen and oxygen atoms in total. The van der Waals surface area contributed by atoms with Gasteiger partial charge in [-0.2, -0.15) is 0 Å². The van der Waals surface area contributed by atoms with Crippen LogP contribution in [0.5, 0.6) is 0 Å². The highest BCUT2D eigenvalue weighted by atomic mass is 28.4. The molecule has 10 heteroatoms. The molecule has 1 aliphatic heterocycles. The van der Waals surface area contributed by atoms with Gasteiger partial charge >= 0.3 is 0 Å². The van der Waals surface area contributed by atoms with Crippen LogP contribution in [0.15, 0.2) is 0 Å². The van der Waals surface area contributed by atoms with Gasteiger partial charge in [0, 0.05) is 0 Å². The number of hydrogen-bond acceptors (Lipinski definition) is 6. The van der Waals surface area contributed by atoms with Gasteiger partial charge in [0.05, 0.1) is 0 Å². The van der Waals surface area contributed by atoms with Crippen LogP contribution in [0.1, 0.15) is 0 Å². The maximum absolute atomic E-state index is 12.0. The molecule has 166 valence electrons. The molecule has 0 radical (unpaired) electrons. The number of carbonyl (C=O) groups is 1. The molecule has 1 heterocycles. The van der Waals surface area contributed by atoms with Crippen molar-refractivity contribution in [2.45, 2.75) is 109 Å². The lowest BCUT2D eigenvalue weighted by atomic mass is 10.1. The lowest BCUT2D eigenvalue weighted by Gasteiger charge is -2.36. The molecular weight excluding hydrogens is 425 g/mol. The van der Waals surface area contributed by atoms with Gasteiger partial charge in [0.15, 0.2) is 39.6 Å². The molecule has 1 saturated heterocycles. The van der Waals surface area contributed by atoms with Crippen LogP contribution in [-0.2, 0) is 27.2 Å². The summed E-state index contributed by atoms with van der Waals surface area (Å²) < 4.78 is 31.9. The van der Waals surface area contributed by atoms with Crippen molar-refractivity contribution in [3.8, 4) is 0 Å². The standard InChI is InChI=1S/C18H42O6Si4/c1-25(2,3)21-14(13-19)15-16(22-26(4,5)6)17(23-27(7,8)9)18(20-15)24-28(10,11)12/h13-18H,1-12H3. The molecule has 5 atom stereocenters. The van der Waals surface area contributed by atoms with E-state index in [9.17, 15) is 4.79 Å². The van der Waals surface area contributed by atoms with Gasteiger partial charge in [-0.25, -0.2) is 0 Å². The summed E-state index contributed by atoms with van der Waals surface area (Å²) in [5.41, 5.74) is 0. The Bertz CT molecular complexity index is 518. The van der Waals surface area contributed by atoms with Gasteiger partial charge in [-0.15, -0.1) is 0 Å². The van der Waals surface area contributed by atoms with Crippen molar-refractivity contribution < 1.29 is 27.2 Å². The zero-order valence-corrected chi connectivity index (χ0v) is 23.9. The Morgan fingerprint density at radius 3 is 1.46 bits per heavy atom. The summed E-state index contributed by atoms with van der Waals surface area (Å²) in [5.74, 6) is 0. The van der Waals surface area contributed by atoms with Crippen LogP contribution in [0, 0.1) is 0 Å². The van der Waals surface area contributed by atoms with Crippen LogP contribution < -0.4 is 0 Å². The van der Waals surface area contributed by atoms with Crippen molar-refractivity contribution in [1.82, 2.24) is 0 Å². The first-order chi connectivity index (χ1) is 12.3. The highest BCUT2D eigenvalue weighted by Gasteiger charge is 2.53. The first-order valence-electron chi connectivity index (χ1n) is 10.1. The number of ether oxygens (including phenoxy) is 1. The molecule has 0 aromatic carbocycles. The van der Waals surface area contributed by atoms with E-state index >= 15 is 0 Å². The SMILES string of the molecule is C[Si](C)(C)OC(C=O)C1OC(O[Si](C)(C)C)C(O[Si](C)(C)C)C1O[Si](C)(C)C. The summed E-state index contributed by atoms with van der Waals surface area (Å²) in [6.45, 7) is 25.4. The van der Waals surface area contributed by atoms with Crippen LogP contribution in [0.25, 0.3) is 0 Å². The molecule has 0 bridgehead atoms. The van der Waals surface area contributed by atoms with E-state index in [0.717, 1.165) is 6.29 Å². The Morgan fingerprint density at radius 1 is 0.679 bits per heavy atom. The average Bonchev–Trinajstić information content (AvgIpc) is 2.68. The second kappa shape index (κ2) is 9.23. The summed E-state index contributed by atoms with van der Waals surface area (Å²) in [5, 5.41) is 0. The molecular formula is C18H42O6Si4. The van der Waals surface area contributed by atoms with Gasteiger partial charge < -0.3 is 27.2 Å². The molecule has 1 fully saturated rings. The van der Waals surface area contributed by atoms with Crippen molar-refractivity contribution in [1.29, 1.82) is 0 Å². The molecule has 1 aliphatic rings. The lowest BCUT2D eigenvalue weighted by molar-refractivity contribution is -0.140. The van der Waals surface area contributed by atoms with Gasteiger partial charge in [-0.3, -0.25) is 0 Å². The Labute approximate surface area is 176 Å². The fraction of sp³-hybridized carbons (Fsp3) is 0.944. The highest BCUT2D eigenvalue weighted by Crippen LogP contribution is 2.35. The van der Waals surface area contributed by atoms with E-state index in [2.05, 4.69) is 78.6 Å². The third kappa shape index (κ3) is 9.43. The molecule has 0 aliphatic carbocycles. The van der Waals surface area contributed by atoms with Crippen molar-refractivity contribution in [3.63, 3.8) is 0 Å². The number of rotatable bonds is 10. The minimum absolute atomic E-state index is 0.359. The molecule has 0 aromatic rings. The van der Waals surface area contributed by atoms with E-state index in [0.29, 0.717) is 0 Å². The van der Waals surface area contributed by atoms with Crippen LogP contribution in [0.3, 0.4) is 0 Å². The van der Waals surface area contributed by atoms with E-state index in [1.54, 1.807) is 0 Å². The molecule has 0 amide bonds. The topological polar surface area (TPSA) is 63.2 Å². The average molecular weight is 467 g/mol. The third-order valence-corrected chi connectivity index (χ3v) is 7.48. The molecule has 0 spiro atoms. The zero-order valence-electron chi connectivity index (χ0n) is 19.9. The summed E-state index contributed by atoms with van der Waals surface area (Å²) in [6, 6.07) is 0. The Morgan fingerprint density at radius 2 is 1.11 bits per heavy atom. The van der Waals surface area contributed by atoms with Crippen LogP contribution >= 0.6 is 0 Å². The van der Waals surface area contributed by atoms with Gasteiger partial charge in [-0.05, 0) is 78.6 Å². The predicted molar refractivity (Wildman–Crippen MR) is 124 cm³/mol. The van der Waals surface area contributed by atoms with Gasteiger partial charge in [0.1, 0.15) is 30.7 Å². The zero-order chi connectivity index (χ0) is 22.1. The van der Waals surface area contributed by atoms with E-state index in [4.69, 9.17) is 22.4 Å². The van der Waals surface area contributed by atoms with Gasteiger partial charge in [0.2, 0.25) is 0 Å². The number of aldehydes is 1. The van der Waals surface area contributed by atoms with E-state index in [-0.39, 0.29) is 12.2 Å². The molecule has 0 N–H and O–H groups in total. The quantitative estimate of drug-likeness (QED) is 0.351. The molecule has 5 unspecified atom stereocenters. The maximum atomic E-state index is 12.0. The first-order valence-corrected chi connectivity index (χ1v) is 23.8. The second-order valence-electron chi connectivity index (χ2n) is 11.4. The van der Waals surface area contributed by atoms with E-state index in [1.807, 2.05) is 0 Å². The van der Waals surface area contributed by atoms with Crippen molar-refractivity contribution in [2.24, 2.45) is 0 Å². The van der Waals surface area contributed by atoms with Crippen molar-refractivity contribution in [3.05, 3.63) is 0 Å². The predicted octanol–water partition coefficient (Wildman–Crippen LogP) is 4.42. The maximum Gasteiger partial charge on any atom is 0.187 e. The summed E-state index contributed by atoms with van der Waals surface area (Å²) >= 11 is 0. The lowest BCUT2D eigenvalue weighted by Crippen LogP contribution is -2.52. The summed E-state index contributed by atoms with van der Waals surface area (Å²) in [6.07, 6.45) is -1.65. The fourth-order valence-electron chi connectivity index (χ4n) is 3.01. The number of hydrogen-bond donors (Lipinski definition) is 0. The Balaban J connectivity index is 3.32. The van der Waals surface area contributed by atoms with E-state index < -0.39 is 51.8 Å². The minimum atomic E-state index is -1.95. The van der Waals surface area contributed by atoms with Crippen LogP contribution in [-0.4, -0.2) is 70.3 Å². The molecule has 0 saturated carbocycles. The summed E-state index contributed by atoms with van der Waals surface area (Å²) in [4.78, 5) is 12.0. The Hall–Kier alpha value is 0.338. The van der Waals surface area contributed by atoms with E-state index in [1.165, 1.54) is 0 Å². The Kier molecular flexibility index (Phi) is 8.69. The fourth-order valence-corrected chi connectivity index (χ4v) is 7.05. The van der Waals surface area contributed by atoms with Crippen LogP contribution in [0.4, 0.5) is 0 Å². The number of carbonyl (C=O) groups excluding carboxylic acids is 1. The molecule has 28 heavy (non-hydrogen) atoms. The minimum Gasteiger partial charge on any atom is -0.409 e. The smallest absolute Gasteiger partial charge is 0.187 e. The third-order valence-electron chi connectivity index (χ3n) is 3.60. The van der Waals surface area contributed by atoms with Crippen molar-refractivity contribution >= 4 is 39.6 Å². The van der Waals surface area contributed by atoms with Crippen LogP contribution in [0.2, 0.25) is 78.6 Å². The highest BCUT2D eigenvalue weighted by molar-refractivity contribution is 6.71. The van der Waals surface area contributed by atoms with Crippen molar-refractivity contribution in [2.75, 3.05) is 0 Å². The second-order valence-corrected chi connectivity index (χ2v) is 29.3. The summed E-state index contributed by atoms with van der Waals surface area (Å²) in [7, 11) is -7.70.